The third kappa shape index (κ3) is 6.41. The van der Waals surface area contributed by atoms with Crippen LogP contribution in [0, 0.1) is 0 Å². The second kappa shape index (κ2) is 6.09. The summed E-state index contributed by atoms with van der Waals surface area (Å²) in [5.74, 6) is -3.19. The normalized spacial score (nSPS) is 10.1. The van der Waals surface area contributed by atoms with Gasteiger partial charge in [0, 0.05) is 10.6 Å². The van der Waals surface area contributed by atoms with E-state index >= 15 is 0 Å². The predicted octanol–water partition coefficient (Wildman–Crippen LogP) is 2.07. The van der Waals surface area contributed by atoms with E-state index in [0.717, 1.165) is 0 Å². The zero-order chi connectivity index (χ0) is 13.6. The minimum Gasteiger partial charge on any atom is -0.475 e. The zero-order valence-electron chi connectivity index (χ0n) is 8.16. The quantitative estimate of drug-likeness (QED) is 0.819. The molecule has 1 amide bonds. The Morgan fingerprint density at radius 1 is 1.18 bits per heavy atom. The molecule has 0 fully saturated rings. The van der Waals surface area contributed by atoms with Gasteiger partial charge in [0.1, 0.15) is 0 Å². The summed E-state index contributed by atoms with van der Waals surface area (Å²) in [6, 6.07) is 6.43. The summed E-state index contributed by atoms with van der Waals surface area (Å²) in [7, 11) is 0. The van der Waals surface area contributed by atoms with E-state index in [-0.39, 0.29) is 0 Å². The summed E-state index contributed by atoms with van der Waals surface area (Å²) in [4.78, 5) is 19.4. The number of amides is 1. The lowest BCUT2D eigenvalue weighted by atomic mass is 10.2. The van der Waals surface area contributed by atoms with Crippen molar-refractivity contribution >= 4 is 23.5 Å². The Balaban J connectivity index is 0.000000325. The molecule has 0 spiro atoms. The lowest BCUT2D eigenvalue weighted by molar-refractivity contribution is -0.192. The number of primary amides is 1. The molecule has 1 rings (SSSR count). The molecule has 17 heavy (non-hydrogen) atoms. The van der Waals surface area contributed by atoms with Crippen molar-refractivity contribution < 1.29 is 27.9 Å². The average Bonchev–Trinajstić information content (AvgIpc) is 2.17. The van der Waals surface area contributed by atoms with Crippen LogP contribution in [0.5, 0.6) is 0 Å². The van der Waals surface area contributed by atoms with Crippen LogP contribution in [-0.2, 0) is 4.79 Å². The lowest BCUT2D eigenvalue weighted by Crippen LogP contribution is -2.21. The minimum atomic E-state index is -5.08. The second-order valence-electron chi connectivity index (χ2n) is 2.67. The van der Waals surface area contributed by atoms with Crippen LogP contribution < -0.4 is 5.73 Å². The molecule has 0 aliphatic carbocycles. The molecule has 94 valence electrons. The minimum absolute atomic E-state index is 0.434. The third-order valence-electron chi connectivity index (χ3n) is 1.37. The van der Waals surface area contributed by atoms with Gasteiger partial charge >= 0.3 is 12.1 Å². The number of hydrogen-bond acceptors (Lipinski definition) is 2. The Morgan fingerprint density at radius 3 is 1.76 bits per heavy atom. The Hall–Kier alpha value is -1.76. The molecule has 0 bridgehead atoms. The molecule has 0 aromatic heterocycles. The molecular weight excluding hydrogens is 263 g/mol. The van der Waals surface area contributed by atoms with Crippen molar-refractivity contribution in [1.82, 2.24) is 0 Å². The van der Waals surface area contributed by atoms with Crippen LogP contribution in [0.25, 0.3) is 0 Å². The number of alkyl halides is 3. The smallest absolute Gasteiger partial charge is 0.475 e. The number of halogens is 4. The monoisotopic (exact) mass is 269 g/mol. The molecule has 0 radical (unpaired) electrons. The van der Waals surface area contributed by atoms with E-state index < -0.39 is 18.1 Å². The van der Waals surface area contributed by atoms with Crippen molar-refractivity contribution in [2.75, 3.05) is 0 Å². The summed E-state index contributed by atoms with van der Waals surface area (Å²) in [6.45, 7) is 0. The van der Waals surface area contributed by atoms with Crippen molar-refractivity contribution in [3.63, 3.8) is 0 Å². The Labute approximate surface area is 98.8 Å². The Kier molecular flexibility index (Phi) is 5.46. The number of aliphatic carboxylic acids is 1. The highest BCUT2D eigenvalue weighted by atomic mass is 35.5. The molecular formula is C9H7ClF3NO3. The second-order valence-corrected chi connectivity index (χ2v) is 3.11. The number of nitrogens with two attached hydrogens (primary N) is 1. The van der Waals surface area contributed by atoms with E-state index in [1.54, 1.807) is 24.3 Å². The highest BCUT2D eigenvalue weighted by molar-refractivity contribution is 6.30. The topological polar surface area (TPSA) is 80.4 Å². The number of rotatable bonds is 1. The molecule has 0 heterocycles. The van der Waals surface area contributed by atoms with Gasteiger partial charge in [0.2, 0.25) is 5.91 Å². The standard InChI is InChI=1S/C7H6ClNO.C2HF3O2/c8-6-3-1-5(2-4-6)7(9)10;3-2(4,5)1(6)7/h1-4H,(H2,9,10);(H,6,7). The summed E-state index contributed by atoms with van der Waals surface area (Å²) in [6.07, 6.45) is -5.08. The van der Waals surface area contributed by atoms with Gasteiger partial charge in [-0.25, -0.2) is 4.79 Å². The Morgan fingerprint density at radius 2 is 1.53 bits per heavy atom. The molecule has 0 saturated carbocycles. The van der Waals surface area contributed by atoms with Gasteiger partial charge in [-0.15, -0.1) is 0 Å². The van der Waals surface area contributed by atoms with Crippen molar-refractivity contribution in [1.29, 1.82) is 0 Å². The largest absolute Gasteiger partial charge is 0.490 e. The van der Waals surface area contributed by atoms with E-state index in [4.69, 9.17) is 27.2 Å². The van der Waals surface area contributed by atoms with E-state index in [9.17, 15) is 18.0 Å². The van der Waals surface area contributed by atoms with Gasteiger partial charge in [-0.1, -0.05) is 11.6 Å². The summed E-state index contributed by atoms with van der Waals surface area (Å²) < 4.78 is 31.7. The number of benzene rings is 1. The van der Waals surface area contributed by atoms with E-state index in [2.05, 4.69) is 0 Å². The number of carbonyl (C=O) groups excluding carboxylic acids is 1. The van der Waals surface area contributed by atoms with Crippen LogP contribution in [0.15, 0.2) is 24.3 Å². The first-order valence-electron chi connectivity index (χ1n) is 4.00. The molecule has 0 atom stereocenters. The fourth-order valence-corrected chi connectivity index (χ4v) is 0.740. The maximum absolute atomic E-state index is 10.6. The summed E-state index contributed by atoms with van der Waals surface area (Å²) >= 11 is 5.56. The van der Waals surface area contributed by atoms with Crippen LogP contribution in [0.1, 0.15) is 10.4 Å². The number of hydrogen-bond donors (Lipinski definition) is 2. The van der Waals surface area contributed by atoms with Gasteiger partial charge < -0.3 is 10.8 Å². The zero-order valence-corrected chi connectivity index (χ0v) is 8.92. The molecule has 3 N–H and O–H groups in total. The van der Waals surface area contributed by atoms with Crippen LogP contribution in [0.2, 0.25) is 5.02 Å². The summed E-state index contributed by atoms with van der Waals surface area (Å²) in [5.41, 5.74) is 5.46. The number of carboxylic acid groups (broad SMARTS) is 1. The maximum Gasteiger partial charge on any atom is 0.490 e. The van der Waals surface area contributed by atoms with Gasteiger partial charge in [0.15, 0.2) is 0 Å². The lowest BCUT2D eigenvalue weighted by Gasteiger charge is -1.93. The average molecular weight is 270 g/mol. The van der Waals surface area contributed by atoms with Gasteiger partial charge in [0.25, 0.3) is 0 Å². The van der Waals surface area contributed by atoms with Crippen molar-refractivity contribution in [2.45, 2.75) is 6.18 Å². The highest BCUT2D eigenvalue weighted by Crippen LogP contribution is 2.13. The number of carboxylic acids is 1. The van der Waals surface area contributed by atoms with Crippen LogP contribution in [-0.4, -0.2) is 23.2 Å². The van der Waals surface area contributed by atoms with Gasteiger partial charge in [-0.3, -0.25) is 4.79 Å². The van der Waals surface area contributed by atoms with Crippen molar-refractivity contribution in [3.8, 4) is 0 Å². The fraction of sp³-hybridized carbons (Fsp3) is 0.111. The van der Waals surface area contributed by atoms with Gasteiger partial charge in [-0.2, -0.15) is 13.2 Å². The molecule has 0 unspecified atom stereocenters. The van der Waals surface area contributed by atoms with Gasteiger partial charge in [-0.05, 0) is 24.3 Å². The summed E-state index contributed by atoms with van der Waals surface area (Å²) in [5, 5.41) is 7.73. The van der Waals surface area contributed by atoms with Crippen LogP contribution >= 0.6 is 11.6 Å². The molecule has 8 heteroatoms. The molecule has 1 aromatic rings. The third-order valence-corrected chi connectivity index (χ3v) is 1.62. The van der Waals surface area contributed by atoms with Crippen molar-refractivity contribution in [3.05, 3.63) is 34.9 Å². The Bertz CT molecular complexity index is 403. The first kappa shape index (κ1) is 15.2. The van der Waals surface area contributed by atoms with Gasteiger partial charge in [0.05, 0.1) is 0 Å². The molecule has 4 nitrogen and oxygen atoms in total. The molecule has 0 aliphatic heterocycles. The molecule has 0 saturated heterocycles. The highest BCUT2D eigenvalue weighted by Gasteiger charge is 2.38. The first-order valence-corrected chi connectivity index (χ1v) is 4.38. The molecule has 0 aliphatic rings. The van der Waals surface area contributed by atoms with Crippen molar-refractivity contribution in [2.24, 2.45) is 5.73 Å². The van der Waals surface area contributed by atoms with E-state index in [1.807, 2.05) is 0 Å². The maximum atomic E-state index is 10.6. The van der Waals surface area contributed by atoms with Crippen LogP contribution in [0.3, 0.4) is 0 Å². The fourth-order valence-electron chi connectivity index (χ4n) is 0.614. The SMILES string of the molecule is NC(=O)c1ccc(Cl)cc1.O=C(O)C(F)(F)F. The number of carbonyl (C=O) groups is 2. The van der Waals surface area contributed by atoms with E-state index in [1.165, 1.54) is 0 Å². The van der Waals surface area contributed by atoms with Crippen LogP contribution in [0.4, 0.5) is 13.2 Å². The molecule has 1 aromatic carbocycles. The predicted molar refractivity (Wildman–Crippen MR) is 53.7 cm³/mol. The first-order chi connectivity index (χ1) is 7.64. The van der Waals surface area contributed by atoms with E-state index in [0.29, 0.717) is 10.6 Å².